The number of hydrogen-bond donors (Lipinski definition) is 1. The van der Waals surface area contributed by atoms with Crippen molar-refractivity contribution in [1.82, 2.24) is 10.2 Å². The minimum atomic E-state index is -0.441. The average molecular weight is 302 g/mol. The van der Waals surface area contributed by atoms with Gasteiger partial charge >= 0.3 is 6.09 Å². The summed E-state index contributed by atoms with van der Waals surface area (Å²) >= 11 is 0. The highest BCUT2D eigenvalue weighted by molar-refractivity contribution is 5.69. The highest BCUT2D eigenvalue weighted by atomic mass is 16.6. The molecule has 4 heteroatoms. The molecule has 4 nitrogen and oxygen atoms in total. The predicted molar refractivity (Wildman–Crippen MR) is 86.4 cm³/mol. The fourth-order valence-electron chi connectivity index (χ4n) is 2.89. The Hall–Kier alpha value is -1.55. The van der Waals surface area contributed by atoms with Gasteiger partial charge in [-0.25, -0.2) is 4.79 Å². The highest BCUT2D eigenvalue weighted by Crippen LogP contribution is 2.26. The van der Waals surface area contributed by atoms with Crippen molar-refractivity contribution < 1.29 is 9.53 Å². The van der Waals surface area contributed by atoms with E-state index in [4.69, 9.17) is 4.74 Å². The maximum absolute atomic E-state index is 12.2. The van der Waals surface area contributed by atoms with E-state index in [1.165, 1.54) is 36.0 Å². The van der Waals surface area contributed by atoms with E-state index in [-0.39, 0.29) is 6.09 Å². The molecule has 2 aliphatic rings. The number of amides is 1. The summed E-state index contributed by atoms with van der Waals surface area (Å²) < 4.78 is 5.46. The van der Waals surface area contributed by atoms with Crippen LogP contribution in [0.1, 0.15) is 56.7 Å². The Labute approximate surface area is 132 Å². The van der Waals surface area contributed by atoms with Gasteiger partial charge in [0.15, 0.2) is 0 Å². The third-order valence-corrected chi connectivity index (χ3v) is 4.34. The van der Waals surface area contributed by atoms with Gasteiger partial charge in [0, 0.05) is 25.7 Å². The Bertz CT molecular complexity index is 559. The molecule has 1 amide bonds. The Morgan fingerprint density at radius 2 is 2.00 bits per heavy atom. The molecule has 1 aliphatic carbocycles. The van der Waals surface area contributed by atoms with Crippen LogP contribution in [0.25, 0.3) is 0 Å². The van der Waals surface area contributed by atoms with E-state index in [0.29, 0.717) is 19.1 Å². The van der Waals surface area contributed by atoms with Crippen molar-refractivity contribution in [2.75, 3.05) is 0 Å². The second-order valence-corrected chi connectivity index (χ2v) is 7.45. The topological polar surface area (TPSA) is 41.6 Å². The van der Waals surface area contributed by atoms with Crippen molar-refractivity contribution in [2.24, 2.45) is 0 Å². The lowest BCUT2D eigenvalue weighted by atomic mass is 9.93. The highest BCUT2D eigenvalue weighted by Gasteiger charge is 2.27. The molecule has 1 aromatic rings. The second-order valence-electron chi connectivity index (χ2n) is 7.45. The molecule has 0 saturated heterocycles. The minimum Gasteiger partial charge on any atom is -0.444 e. The van der Waals surface area contributed by atoms with Crippen LogP contribution in [0.5, 0.6) is 0 Å². The average Bonchev–Trinajstić information content (AvgIpc) is 2.78. The summed E-state index contributed by atoms with van der Waals surface area (Å²) in [4.78, 5) is 13.9. The summed E-state index contributed by atoms with van der Waals surface area (Å²) in [5.41, 5.74) is 3.35. The van der Waals surface area contributed by atoms with E-state index < -0.39 is 5.60 Å². The molecule has 1 N–H and O–H groups in total. The maximum Gasteiger partial charge on any atom is 0.410 e. The van der Waals surface area contributed by atoms with E-state index in [1.54, 1.807) is 4.90 Å². The normalized spacial score (nSPS) is 18.0. The van der Waals surface area contributed by atoms with Crippen molar-refractivity contribution in [3.8, 4) is 0 Å². The van der Waals surface area contributed by atoms with Crippen LogP contribution in [0, 0.1) is 0 Å². The summed E-state index contributed by atoms with van der Waals surface area (Å²) in [6.45, 7) is 7.93. The van der Waals surface area contributed by atoms with Crippen molar-refractivity contribution in [1.29, 1.82) is 0 Å². The molecule has 1 aliphatic heterocycles. The molecule has 1 saturated carbocycles. The molecule has 22 heavy (non-hydrogen) atoms. The van der Waals surface area contributed by atoms with Crippen LogP contribution in [-0.4, -0.2) is 22.6 Å². The summed E-state index contributed by atoms with van der Waals surface area (Å²) in [6, 6.07) is 7.25. The number of hydrogen-bond acceptors (Lipinski definition) is 3. The lowest BCUT2D eigenvalue weighted by molar-refractivity contribution is 0.0242. The monoisotopic (exact) mass is 302 g/mol. The zero-order valence-corrected chi connectivity index (χ0v) is 13.8. The van der Waals surface area contributed by atoms with Crippen LogP contribution in [0.15, 0.2) is 18.2 Å². The van der Waals surface area contributed by atoms with Gasteiger partial charge in [-0.1, -0.05) is 24.6 Å². The summed E-state index contributed by atoms with van der Waals surface area (Å²) in [7, 11) is 0. The van der Waals surface area contributed by atoms with Crippen molar-refractivity contribution >= 4 is 6.09 Å². The molecular formula is C18H26N2O2. The first-order valence-corrected chi connectivity index (χ1v) is 8.23. The van der Waals surface area contributed by atoms with E-state index in [2.05, 4.69) is 23.5 Å². The van der Waals surface area contributed by atoms with Gasteiger partial charge in [-0.2, -0.15) is 0 Å². The van der Waals surface area contributed by atoms with Gasteiger partial charge in [-0.3, -0.25) is 4.90 Å². The number of ether oxygens (including phenoxy) is 1. The second kappa shape index (κ2) is 5.92. The Morgan fingerprint density at radius 1 is 1.27 bits per heavy atom. The molecule has 120 valence electrons. The van der Waals surface area contributed by atoms with Crippen LogP contribution < -0.4 is 5.32 Å². The third kappa shape index (κ3) is 3.61. The molecule has 1 aromatic carbocycles. The molecule has 0 bridgehead atoms. The number of benzene rings is 1. The SMILES string of the molecule is CC(C)(C)OC(=O)N1Cc2ccc(CNC3CCC3)cc2C1. The first kappa shape index (κ1) is 15.3. The predicted octanol–water partition coefficient (Wildman–Crippen LogP) is 3.58. The standard InChI is InChI=1S/C18H26N2O2/c1-18(2,3)22-17(21)20-11-14-8-7-13(9-15(14)12-20)10-19-16-5-4-6-16/h7-9,16,19H,4-6,10-12H2,1-3H3. The van der Waals surface area contributed by atoms with E-state index in [1.807, 2.05) is 20.8 Å². The molecule has 0 radical (unpaired) electrons. The van der Waals surface area contributed by atoms with Gasteiger partial charge in [0.1, 0.15) is 5.60 Å². The number of carbonyl (C=O) groups is 1. The minimum absolute atomic E-state index is 0.224. The van der Waals surface area contributed by atoms with Crippen LogP contribution in [0.3, 0.4) is 0 Å². The largest absolute Gasteiger partial charge is 0.444 e. The molecule has 0 spiro atoms. The van der Waals surface area contributed by atoms with Gasteiger partial charge in [0.05, 0.1) is 0 Å². The van der Waals surface area contributed by atoms with Gasteiger partial charge < -0.3 is 10.1 Å². The maximum atomic E-state index is 12.2. The molecule has 1 heterocycles. The third-order valence-electron chi connectivity index (χ3n) is 4.34. The molecule has 0 atom stereocenters. The summed E-state index contributed by atoms with van der Waals surface area (Å²) in [5, 5.41) is 3.59. The number of nitrogens with zero attached hydrogens (tertiary/aromatic N) is 1. The van der Waals surface area contributed by atoms with Crippen molar-refractivity contribution in [3.63, 3.8) is 0 Å². The first-order valence-electron chi connectivity index (χ1n) is 8.23. The summed E-state index contributed by atoms with van der Waals surface area (Å²) in [6.07, 6.45) is 3.74. The number of carbonyl (C=O) groups excluding carboxylic acids is 1. The van der Waals surface area contributed by atoms with E-state index in [9.17, 15) is 4.79 Å². The van der Waals surface area contributed by atoms with Gasteiger partial charge in [-0.05, 0) is 50.3 Å². The molecule has 0 aromatic heterocycles. The summed E-state index contributed by atoms with van der Waals surface area (Å²) in [5.74, 6) is 0. The smallest absolute Gasteiger partial charge is 0.410 e. The molecular weight excluding hydrogens is 276 g/mol. The first-order chi connectivity index (χ1) is 10.4. The van der Waals surface area contributed by atoms with Crippen LogP contribution in [0.4, 0.5) is 4.79 Å². The zero-order chi connectivity index (χ0) is 15.7. The van der Waals surface area contributed by atoms with Crippen LogP contribution >= 0.6 is 0 Å². The fourth-order valence-corrected chi connectivity index (χ4v) is 2.89. The Kier molecular flexibility index (Phi) is 4.13. The van der Waals surface area contributed by atoms with E-state index >= 15 is 0 Å². The quantitative estimate of drug-likeness (QED) is 0.928. The lowest BCUT2D eigenvalue weighted by Crippen LogP contribution is -2.34. The Balaban J connectivity index is 1.59. The van der Waals surface area contributed by atoms with Gasteiger partial charge in [0.2, 0.25) is 0 Å². The Morgan fingerprint density at radius 3 is 2.64 bits per heavy atom. The molecule has 1 fully saturated rings. The molecule has 3 rings (SSSR count). The lowest BCUT2D eigenvalue weighted by Gasteiger charge is -2.26. The zero-order valence-electron chi connectivity index (χ0n) is 13.8. The van der Waals surface area contributed by atoms with Crippen LogP contribution in [-0.2, 0) is 24.4 Å². The van der Waals surface area contributed by atoms with E-state index in [0.717, 1.165) is 6.54 Å². The fraction of sp³-hybridized carbons (Fsp3) is 0.611. The van der Waals surface area contributed by atoms with Crippen molar-refractivity contribution in [2.45, 2.75) is 71.3 Å². The number of rotatable bonds is 3. The number of nitrogens with one attached hydrogen (secondary N) is 1. The van der Waals surface area contributed by atoms with Crippen molar-refractivity contribution in [3.05, 3.63) is 34.9 Å². The number of fused-ring (bicyclic) bond motifs is 1. The van der Waals surface area contributed by atoms with Gasteiger partial charge in [0.25, 0.3) is 0 Å². The van der Waals surface area contributed by atoms with Gasteiger partial charge in [-0.15, -0.1) is 0 Å². The molecule has 0 unspecified atom stereocenters. The van der Waals surface area contributed by atoms with Crippen LogP contribution in [0.2, 0.25) is 0 Å².